The third-order valence-corrected chi connectivity index (χ3v) is 5.27. The Morgan fingerprint density at radius 1 is 1.07 bits per heavy atom. The summed E-state index contributed by atoms with van der Waals surface area (Å²) in [5.74, 6) is 1.49. The van der Waals surface area contributed by atoms with Crippen LogP contribution in [0.2, 0.25) is 0 Å². The fourth-order valence-corrected chi connectivity index (χ4v) is 3.60. The van der Waals surface area contributed by atoms with Crippen LogP contribution in [-0.4, -0.2) is 26.4 Å². The summed E-state index contributed by atoms with van der Waals surface area (Å²) in [6.45, 7) is 8.27. The summed E-state index contributed by atoms with van der Waals surface area (Å²) in [6.07, 6.45) is 0. The molecule has 0 aliphatic heterocycles. The van der Waals surface area contributed by atoms with E-state index in [-0.39, 0.29) is 11.7 Å². The second-order valence-electron chi connectivity index (χ2n) is 6.77. The fourth-order valence-electron chi connectivity index (χ4n) is 2.81. The third-order valence-electron chi connectivity index (χ3n) is 4.34. The average Bonchev–Trinajstić information content (AvgIpc) is 3.01. The lowest BCUT2D eigenvalue weighted by Gasteiger charge is -2.11. The molecule has 1 amide bonds. The van der Waals surface area contributed by atoms with Crippen molar-refractivity contribution in [3.8, 4) is 5.69 Å². The highest BCUT2D eigenvalue weighted by atomic mass is 32.2. The number of thioether (sulfide) groups is 1. The second kappa shape index (κ2) is 8.39. The van der Waals surface area contributed by atoms with Crippen molar-refractivity contribution in [2.24, 2.45) is 0 Å². The summed E-state index contributed by atoms with van der Waals surface area (Å²) >= 11 is 1.38. The molecule has 3 rings (SSSR count). The Bertz CT molecular complexity index is 932. The van der Waals surface area contributed by atoms with Gasteiger partial charge in [0.2, 0.25) is 5.91 Å². The minimum absolute atomic E-state index is 0.0608. The quantitative estimate of drug-likeness (QED) is 0.628. The van der Waals surface area contributed by atoms with Crippen molar-refractivity contribution in [3.05, 3.63) is 65.5 Å². The molecule has 3 aromatic rings. The van der Waals surface area contributed by atoms with E-state index in [0.717, 1.165) is 22.8 Å². The van der Waals surface area contributed by atoms with Crippen molar-refractivity contribution in [1.82, 2.24) is 14.8 Å². The first kappa shape index (κ1) is 19.2. The Balaban J connectivity index is 1.67. The van der Waals surface area contributed by atoms with Gasteiger partial charge in [-0.1, -0.05) is 55.9 Å². The van der Waals surface area contributed by atoms with E-state index in [1.165, 1.54) is 17.3 Å². The van der Waals surface area contributed by atoms with E-state index in [2.05, 4.69) is 42.4 Å². The van der Waals surface area contributed by atoms with Gasteiger partial charge in [0.25, 0.3) is 0 Å². The van der Waals surface area contributed by atoms with Crippen LogP contribution in [-0.2, 0) is 4.79 Å². The van der Waals surface area contributed by atoms with E-state index in [9.17, 15) is 4.79 Å². The summed E-state index contributed by atoms with van der Waals surface area (Å²) in [7, 11) is 0. The molecular formula is C21H24N4OS. The normalized spacial score (nSPS) is 11.0. The molecule has 0 aliphatic rings. The SMILES string of the molecule is Cc1ccccc1-n1c(C)nnc1SCC(=O)Nc1ccc(C(C)C)cc1. The molecule has 0 bridgehead atoms. The summed E-state index contributed by atoms with van der Waals surface area (Å²) < 4.78 is 1.99. The number of carbonyl (C=O) groups excluding carboxylic acids is 1. The van der Waals surface area contributed by atoms with Crippen molar-refractivity contribution >= 4 is 23.4 Å². The smallest absolute Gasteiger partial charge is 0.234 e. The molecule has 5 nitrogen and oxygen atoms in total. The first-order valence-corrected chi connectivity index (χ1v) is 9.95. The first-order chi connectivity index (χ1) is 13.0. The zero-order chi connectivity index (χ0) is 19.4. The predicted octanol–water partition coefficient (Wildman–Crippen LogP) is 4.74. The molecule has 0 fully saturated rings. The summed E-state index contributed by atoms with van der Waals surface area (Å²) in [4.78, 5) is 12.3. The average molecular weight is 381 g/mol. The number of hydrogen-bond donors (Lipinski definition) is 1. The Kier molecular flexibility index (Phi) is 5.96. The van der Waals surface area contributed by atoms with Gasteiger partial charge < -0.3 is 5.32 Å². The van der Waals surface area contributed by atoms with E-state index < -0.39 is 0 Å². The van der Waals surface area contributed by atoms with Crippen molar-refractivity contribution in [1.29, 1.82) is 0 Å². The molecule has 6 heteroatoms. The van der Waals surface area contributed by atoms with Crippen LogP contribution in [0, 0.1) is 13.8 Å². The largest absolute Gasteiger partial charge is 0.325 e. The lowest BCUT2D eigenvalue weighted by Crippen LogP contribution is -2.14. The Morgan fingerprint density at radius 3 is 2.44 bits per heavy atom. The number of aryl methyl sites for hydroxylation is 2. The molecular weight excluding hydrogens is 356 g/mol. The van der Waals surface area contributed by atoms with E-state index >= 15 is 0 Å². The monoisotopic (exact) mass is 380 g/mol. The molecule has 0 aliphatic carbocycles. The van der Waals surface area contributed by atoms with Crippen molar-refractivity contribution in [3.63, 3.8) is 0 Å². The van der Waals surface area contributed by atoms with Gasteiger partial charge in [0.15, 0.2) is 5.16 Å². The molecule has 140 valence electrons. The Hall–Kier alpha value is -2.60. The third kappa shape index (κ3) is 4.57. The van der Waals surface area contributed by atoms with Gasteiger partial charge in [-0.05, 0) is 49.1 Å². The van der Waals surface area contributed by atoms with E-state index in [0.29, 0.717) is 11.1 Å². The van der Waals surface area contributed by atoms with Crippen molar-refractivity contribution < 1.29 is 4.79 Å². The maximum atomic E-state index is 12.3. The number of rotatable bonds is 6. The van der Waals surface area contributed by atoms with Gasteiger partial charge in [-0.25, -0.2) is 0 Å². The topological polar surface area (TPSA) is 59.8 Å². The molecule has 0 radical (unpaired) electrons. The maximum absolute atomic E-state index is 12.3. The molecule has 1 aromatic heterocycles. The predicted molar refractivity (Wildman–Crippen MR) is 111 cm³/mol. The first-order valence-electron chi connectivity index (χ1n) is 8.96. The van der Waals surface area contributed by atoms with E-state index in [1.54, 1.807) is 0 Å². The molecule has 0 spiro atoms. The molecule has 0 atom stereocenters. The number of carbonyl (C=O) groups is 1. The minimum Gasteiger partial charge on any atom is -0.325 e. The fraction of sp³-hybridized carbons (Fsp3) is 0.286. The zero-order valence-corrected chi connectivity index (χ0v) is 16.9. The van der Waals surface area contributed by atoms with Crippen LogP contribution in [0.25, 0.3) is 5.69 Å². The van der Waals surface area contributed by atoms with Gasteiger partial charge in [-0.3, -0.25) is 9.36 Å². The van der Waals surface area contributed by atoms with Gasteiger partial charge in [0.05, 0.1) is 11.4 Å². The van der Waals surface area contributed by atoms with Gasteiger partial charge in [-0.2, -0.15) is 0 Å². The number of amides is 1. The van der Waals surface area contributed by atoms with Crippen LogP contribution in [0.3, 0.4) is 0 Å². The van der Waals surface area contributed by atoms with Crippen LogP contribution < -0.4 is 5.32 Å². The number of nitrogens with one attached hydrogen (secondary N) is 1. The number of nitrogens with zero attached hydrogens (tertiary/aromatic N) is 3. The molecule has 1 N–H and O–H groups in total. The standard InChI is InChI=1S/C21H24N4OS/c1-14(2)17-9-11-18(12-10-17)22-20(26)13-27-21-24-23-16(4)25(21)19-8-6-5-7-15(19)3/h5-12,14H,13H2,1-4H3,(H,22,26). The molecule has 0 saturated carbocycles. The zero-order valence-electron chi connectivity index (χ0n) is 16.1. The Labute approximate surface area is 164 Å². The molecule has 2 aromatic carbocycles. The second-order valence-corrected chi connectivity index (χ2v) is 7.71. The van der Waals surface area contributed by atoms with Gasteiger partial charge in [0, 0.05) is 5.69 Å². The lowest BCUT2D eigenvalue weighted by atomic mass is 10.0. The minimum atomic E-state index is -0.0608. The molecule has 0 unspecified atom stereocenters. The number of para-hydroxylation sites is 1. The Morgan fingerprint density at radius 2 is 1.78 bits per heavy atom. The number of anilines is 1. The van der Waals surface area contributed by atoms with Crippen LogP contribution in [0.5, 0.6) is 0 Å². The van der Waals surface area contributed by atoms with Crippen LogP contribution >= 0.6 is 11.8 Å². The van der Waals surface area contributed by atoms with E-state index in [1.807, 2.05) is 54.0 Å². The van der Waals surface area contributed by atoms with Gasteiger partial charge in [-0.15, -0.1) is 10.2 Å². The van der Waals surface area contributed by atoms with Crippen LogP contribution in [0.4, 0.5) is 5.69 Å². The summed E-state index contributed by atoms with van der Waals surface area (Å²) in [6, 6.07) is 16.1. The lowest BCUT2D eigenvalue weighted by molar-refractivity contribution is -0.113. The van der Waals surface area contributed by atoms with Gasteiger partial charge in [0.1, 0.15) is 5.82 Å². The van der Waals surface area contributed by atoms with Gasteiger partial charge >= 0.3 is 0 Å². The molecule has 27 heavy (non-hydrogen) atoms. The highest BCUT2D eigenvalue weighted by Gasteiger charge is 2.14. The van der Waals surface area contributed by atoms with Crippen LogP contribution in [0.1, 0.15) is 36.7 Å². The molecule has 0 saturated heterocycles. The summed E-state index contributed by atoms with van der Waals surface area (Å²) in [5.41, 5.74) is 4.23. The van der Waals surface area contributed by atoms with Crippen molar-refractivity contribution in [2.75, 3.05) is 11.1 Å². The maximum Gasteiger partial charge on any atom is 0.234 e. The highest BCUT2D eigenvalue weighted by molar-refractivity contribution is 7.99. The highest BCUT2D eigenvalue weighted by Crippen LogP contribution is 2.24. The van der Waals surface area contributed by atoms with E-state index in [4.69, 9.17) is 0 Å². The van der Waals surface area contributed by atoms with Crippen molar-refractivity contribution in [2.45, 2.75) is 38.8 Å². The molecule has 1 heterocycles. The number of hydrogen-bond acceptors (Lipinski definition) is 4. The summed E-state index contributed by atoms with van der Waals surface area (Å²) in [5, 5.41) is 12.1. The number of benzene rings is 2. The van der Waals surface area contributed by atoms with Crippen LogP contribution in [0.15, 0.2) is 53.7 Å². The number of aromatic nitrogens is 3.